The van der Waals surface area contributed by atoms with E-state index in [1.807, 2.05) is 12.1 Å². The maximum Gasteiger partial charge on any atom is 0.303 e. The van der Waals surface area contributed by atoms with Crippen LogP contribution in [0.4, 0.5) is 0 Å². The van der Waals surface area contributed by atoms with E-state index in [0.717, 1.165) is 12.0 Å². The summed E-state index contributed by atoms with van der Waals surface area (Å²) in [6.45, 7) is 6.78. The number of thiocarbonyl (C=S) groups is 1. The number of carboxylic acids is 1. The Hall–Kier alpha value is -2.19. The van der Waals surface area contributed by atoms with Gasteiger partial charge in [-0.05, 0) is 35.5 Å². The minimum absolute atomic E-state index is 0.0611. The lowest BCUT2D eigenvalue weighted by molar-refractivity contribution is -0.137. The quantitative estimate of drug-likeness (QED) is 0.338. The van der Waals surface area contributed by atoms with Gasteiger partial charge < -0.3 is 10.4 Å². The molecule has 30 heavy (non-hydrogen) atoms. The van der Waals surface area contributed by atoms with Crippen molar-refractivity contribution < 1.29 is 19.5 Å². The van der Waals surface area contributed by atoms with Crippen molar-refractivity contribution in [2.75, 3.05) is 13.1 Å². The number of rotatable bonds is 9. The van der Waals surface area contributed by atoms with Gasteiger partial charge in [-0.2, -0.15) is 0 Å². The molecule has 0 unspecified atom stereocenters. The van der Waals surface area contributed by atoms with Gasteiger partial charge >= 0.3 is 5.97 Å². The second-order valence-corrected chi connectivity index (χ2v) is 9.87. The van der Waals surface area contributed by atoms with E-state index in [1.165, 1.54) is 22.2 Å². The van der Waals surface area contributed by atoms with Gasteiger partial charge in [-0.1, -0.05) is 75.4 Å². The van der Waals surface area contributed by atoms with E-state index in [9.17, 15) is 14.4 Å². The van der Waals surface area contributed by atoms with Gasteiger partial charge in [-0.15, -0.1) is 0 Å². The van der Waals surface area contributed by atoms with Crippen molar-refractivity contribution in [2.24, 2.45) is 0 Å². The Morgan fingerprint density at radius 1 is 1.17 bits per heavy atom. The molecule has 2 rings (SSSR count). The molecule has 162 valence electrons. The number of nitrogens with zero attached hydrogens (tertiary/aromatic N) is 1. The molecule has 0 atom stereocenters. The summed E-state index contributed by atoms with van der Waals surface area (Å²) in [6.07, 6.45) is 3.94. The molecule has 1 aromatic rings. The van der Waals surface area contributed by atoms with Crippen LogP contribution >= 0.6 is 24.0 Å². The number of benzene rings is 1. The summed E-state index contributed by atoms with van der Waals surface area (Å²) in [7, 11) is 0. The zero-order valence-electron chi connectivity index (χ0n) is 17.6. The molecule has 0 radical (unpaired) electrons. The largest absolute Gasteiger partial charge is 0.481 e. The zero-order chi connectivity index (χ0) is 22.3. The Morgan fingerprint density at radius 3 is 2.43 bits per heavy atom. The molecule has 0 aliphatic carbocycles. The van der Waals surface area contributed by atoms with Gasteiger partial charge in [0, 0.05) is 13.0 Å². The van der Waals surface area contributed by atoms with Crippen LogP contribution in [0.25, 0.3) is 6.08 Å². The third-order valence-corrected chi connectivity index (χ3v) is 6.02. The molecule has 0 saturated carbocycles. The number of carbonyl (C=O) groups excluding carboxylic acids is 2. The van der Waals surface area contributed by atoms with Crippen LogP contribution in [0.5, 0.6) is 0 Å². The standard InChI is InChI=1S/C22H28N2O4S2/c1-22(2,3)16-10-8-15(9-11-16)13-17-20(28)24(21(29)30-17)14-18(25)23-12-6-4-5-7-19(26)27/h8-11,13H,4-7,12,14H2,1-3H3,(H,23,25)(H,26,27)/b17-13-. The molecule has 2 N–H and O–H groups in total. The fraction of sp³-hybridized carbons (Fsp3) is 0.455. The van der Waals surface area contributed by atoms with Crippen LogP contribution in [0.15, 0.2) is 29.2 Å². The fourth-order valence-corrected chi connectivity index (χ4v) is 4.13. The maximum absolute atomic E-state index is 12.7. The van der Waals surface area contributed by atoms with Gasteiger partial charge in [-0.25, -0.2) is 0 Å². The van der Waals surface area contributed by atoms with Gasteiger partial charge in [0.15, 0.2) is 0 Å². The average Bonchev–Trinajstić information content (AvgIpc) is 2.91. The first-order chi connectivity index (χ1) is 14.1. The number of thioether (sulfide) groups is 1. The normalized spacial score (nSPS) is 15.7. The molecule has 0 aromatic heterocycles. The smallest absolute Gasteiger partial charge is 0.303 e. The molecule has 0 spiro atoms. The Bertz CT molecular complexity index is 842. The molecular weight excluding hydrogens is 420 g/mol. The van der Waals surface area contributed by atoms with Gasteiger partial charge in [0.1, 0.15) is 10.9 Å². The summed E-state index contributed by atoms with van der Waals surface area (Å²) in [5.74, 6) is -1.35. The fourth-order valence-electron chi connectivity index (χ4n) is 2.87. The molecule has 1 aliphatic rings. The highest BCUT2D eigenvalue weighted by Gasteiger charge is 2.33. The second-order valence-electron chi connectivity index (χ2n) is 8.19. The average molecular weight is 449 g/mol. The Balaban J connectivity index is 1.87. The van der Waals surface area contributed by atoms with Crippen molar-refractivity contribution >= 4 is 52.2 Å². The third kappa shape index (κ3) is 7.25. The van der Waals surface area contributed by atoms with Crippen LogP contribution in [-0.2, 0) is 19.8 Å². The zero-order valence-corrected chi connectivity index (χ0v) is 19.2. The third-order valence-electron chi connectivity index (χ3n) is 4.64. The molecule has 6 nitrogen and oxygen atoms in total. The first-order valence-electron chi connectivity index (χ1n) is 9.92. The number of unbranched alkanes of at least 4 members (excludes halogenated alkanes) is 2. The van der Waals surface area contributed by atoms with Gasteiger partial charge in [0.25, 0.3) is 5.91 Å². The summed E-state index contributed by atoms with van der Waals surface area (Å²) in [5, 5.41) is 11.4. The van der Waals surface area contributed by atoms with E-state index in [1.54, 1.807) is 6.08 Å². The van der Waals surface area contributed by atoms with Crippen LogP contribution in [0.3, 0.4) is 0 Å². The Kier molecular flexibility index (Phi) is 8.61. The van der Waals surface area contributed by atoms with E-state index in [-0.39, 0.29) is 30.2 Å². The van der Waals surface area contributed by atoms with Gasteiger partial charge in [0.2, 0.25) is 5.91 Å². The monoisotopic (exact) mass is 448 g/mol. The van der Waals surface area contributed by atoms with E-state index < -0.39 is 5.97 Å². The minimum atomic E-state index is -0.813. The number of nitrogens with one attached hydrogen (secondary N) is 1. The van der Waals surface area contributed by atoms with Crippen molar-refractivity contribution in [3.8, 4) is 0 Å². The van der Waals surface area contributed by atoms with Crippen molar-refractivity contribution in [1.82, 2.24) is 10.2 Å². The van der Waals surface area contributed by atoms with Crippen molar-refractivity contribution in [1.29, 1.82) is 0 Å². The maximum atomic E-state index is 12.7. The summed E-state index contributed by atoms with van der Waals surface area (Å²) in [5.41, 5.74) is 2.19. The molecule has 0 bridgehead atoms. The first-order valence-corrected chi connectivity index (χ1v) is 11.1. The van der Waals surface area contributed by atoms with Crippen molar-refractivity contribution in [3.63, 3.8) is 0 Å². The Morgan fingerprint density at radius 2 is 1.83 bits per heavy atom. The Labute approximate surface area is 187 Å². The highest BCUT2D eigenvalue weighted by molar-refractivity contribution is 8.26. The molecule has 2 amide bonds. The van der Waals surface area contributed by atoms with Gasteiger partial charge in [-0.3, -0.25) is 19.3 Å². The van der Waals surface area contributed by atoms with E-state index in [2.05, 4.69) is 38.2 Å². The highest BCUT2D eigenvalue weighted by atomic mass is 32.2. The minimum Gasteiger partial charge on any atom is -0.481 e. The van der Waals surface area contributed by atoms with Crippen LogP contribution in [0.1, 0.15) is 57.6 Å². The summed E-state index contributed by atoms with van der Waals surface area (Å²) < 4.78 is 0.370. The first kappa shape index (κ1) is 24.1. The highest BCUT2D eigenvalue weighted by Crippen LogP contribution is 2.32. The molecule has 1 fully saturated rings. The van der Waals surface area contributed by atoms with E-state index in [0.29, 0.717) is 28.6 Å². The molecule has 1 aliphatic heterocycles. The van der Waals surface area contributed by atoms with Crippen LogP contribution in [0, 0.1) is 0 Å². The van der Waals surface area contributed by atoms with E-state index >= 15 is 0 Å². The second kappa shape index (κ2) is 10.7. The number of amides is 2. The van der Waals surface area contributed by atoms with Crippen LogP contribution in [0.2, 0.25) is 0 Å². The summed E-state index contributed by atoms with van der Waals surface area (Å²) >= 11 is 6.48. The molecule has 1 heterocycles. The summed E-state index contributed by atoms with van der Waals surface area (Å²) in [6, 6.07) is 8.06. The lowest BCUT2D eigenvalue weighted by Crippen LogP contribution is -2.39. The molecule has 8 heteroatoms. The predicted molar refractivity (Wildman–Crippen MR) is 124 cm³/mol. The molecule has 1 saturated heterocycles. The van der Waals surface area contributed by atoms with Crippen LogP contribution < -0.4 is 5.32 Å². The van der Waals surface area contributed by atoms with Crippen molar-refractivity contribution in [2.45, 2.75) is 51.9 Å². The van der Waals surface area contributed by atoms with Crippen LogP contribution in [-0.4, -0.2) is 45.2 Å². The number of carboxylic acid groups (broad SMARTS) is 1. The molecule has 1 aromatic carbocycles. The van der Waals surface area contributed by atoms with E-state index in [4.69, 9.17) is 17.3 Å². The number of aliphatic carboxylic acids is 1. The van der Waals surface area contributed by atoms with Crippen molar-refractivity contribution in [3.05, 3.63) is 40.3 Å². The number of hydrogen-bond donors (Lipinski definition) is 2. The lowest BCUT2D eigenvalue weighted by atomic mass is 9.87. The lowest BCUT2D eigenvalue weighted by Gasteiger charge is -2.18. The SMILES string of the molecule is CC(C)(C)c1ccc(/C=C2\SC(=S)N(CC(=O)NCCCCCC(=O)O)C2=O)cc1. The number of hydrogen-bond acceptors (Lipinski definition) is 5. The van der Waals surface area contributed by atoms with Gasteiger partial charge in [0.05, 0.1) is 4.91 Å². The number of carbonyl (C=O) groups is 3. The topological polar surface area (TPSA) is 86.7 Å². The molecular formula is C22H28N2O4S2. The predicted octanol–water partition coefficient (Wildman–Crippen LogP) is 3.95. The summed E-state index contributed by atoms with van der Waals surface area (Å²) in [4.78, 5) is 37.1.